The third-order valence-corrected chi connectivity index (χ3v) is 1.59. The van der Waals surface area contributed by atoms with Crippen LogP contribution in [0.3, 0.4) is 0 Å². The van der Waals surface area contributed by atoms with Crippen LogP contribution in [0.5, 0.6) is 0 Å². The average molecular weight is 143 g/mol. The average Bonchev–Trinajstić information content (AvgIpc) is 1.81. The summed E-state index contributed by atoms with van der Waals surface area (Å²) in [4.78, 5) is 2.46. The van der Waals surface area contributed by atoms with E-state index in [1.54, 1.807) is 0 Å². The highest BCUT2D eigenvalue weighted by atomic mass is 15.1. The van der Waals surface area contributed by atoms with E-state index in [2.05, 4.69) is 39.5 Å². The first-order valence-corrected chi connectivity index (χ1v) is 4.22. The third kappa shape index (κ3) is 4.80. The van der Waals surface area contributed by atoms with E-state index in [9.17, 15) is 0 Å². The van der Waals surface area contributed by atoms with Crippen LogP contribution in [-0.2, 0) is 0 Å². The molecule has 0 aliphatic carbocycles. The molecule has 0 aromatic rings. The molecule has 62 valence electrons. The quantitative estimate of drug-likeness (QED) is 0.586. The van der Waals surface area contributed by atoms with E-state index in [0.717, 1.165) is 0 Å². The van der Waals surface area contributed by atoms with Gasteiger partial charge in [-0.15, -0.1) is 0 Å². The molecule has 0 N–H and O–H groups in total. The van der Waals surface area contributed by atoms with Crippen LogP contribution in [0, 0.1) is 5.41 Å². The fourth-order valence-corrected chi connectivity index (χ4v) is 1.12. The molecule has 0 aromatic carbocycles. The molecule has 0 unspecified atom stereocenters. The van der Waals surface area contributed by atoms with Crippen molar-refractivity contribution in [3.63, 3.8) is 0 Å². The molecule has 0 rings (SSSR count). The Morgan fingerprint density at radius 1 is 1.00 bits per heavy atom. The van der Waals surface area contributed by atoms with Crippen molar-refractivity contribution in [1.82, 2.24) is 4.90 Å². The maximum absolute atomic E-state index is 2.46. The lowest BCUT2D eigenvalue weighted by Gasteiger charge is -2.27. The number of hydrogen-bond acceptors (Lipinski definition) is 1. The minimum Gasteiger partial charge on any atom is -0.303 e. The molecular weight excluding hydrogens is 122 g/mol. The van der Waals surface area contributed by atoms with E-state index in [-0.39, 0.29) is 0 Å². The van der Waals surface area contributed by atoms with Gasteiger partial charge in [-0.3, -0.25) is 0 Å². The summed E-state index contributed by atoms with van der Waals surface area (Å²) in [6.07, 6.45) is 0. The summed E-state index contributed by atoms with van der Waals surface area (Å²) < 4.78 is 0. The van der Waals surface area contributed by atoms with Crippen molar-refractivity contribution >= 4 is 0 Å². The summed E-state index contributed by atoms with van der Waals surface area (Å²) in [5.74, 6) is 0. The topological polar surface area (TPSA) is 3.24 Å². The second kappa shape index (κ2) is 3.97. The van der Waals surface area contributed by atoms with Gasteiger partial charge in [-0.2, -0.15) is 0 Å². The van der Waals surface area contributed by atoms with Gasteiger partial charge >= 0.3 is 0 Å². The Bertz CT molecular complexity index is 77.2. The first-order valence-electron chi connectivity index (χ1n) is 4.22. The summed E-state index contributed by atoms with van der Waals surface area (Å²) in [5.41, 5.74) is 0.450. The van der Waals surface area contributed by atoms with E-state index in [1.165, 1.54) is 19.6 Å². The summed E-state index contributed by atoms with van der Waals surface area (Å²) >= 11 is 0. The van der Waals surface area contributed by atoms with E-state index >= 15 is 0 Å². The lowest BCUT2D eigenvalue weighted by molar-refractivity contribution is 0.208. The van der Waals surface area contributed by atoms with Crippen molar-refractivity contribution in [3.8, 4) is 0 Å². The Kier molecular flexibility index (Phi) is 3.95. The van der Waals surface area contributed by atoms with Crippen molar-refractivity contribution in [1.29, 1.82) is 0 Å². The summed E-state index contributed by atoms with van der Waals surface area (Å²) in [5, 5.41) is 0. The Morgan fingerprint density at radius 2 is 1.40 bits per heavy atom. The Morgan fingerprint density at radius 3 is 1.50 bits per heavy atom. The summed E-state index contributed by atoms with van der Waals surface area (Å²) in [6.45, 7) is 14.8. The van der Waals surface area contributed by atoms with E-state index < -0.39 is 0 Å². The lowest BCUT2D eigenvalue weighted by Crippen LogP contribution is -2.32. The fraction of sp³-hybridized carbons (Fsp3) is 1.00. The smallest absolute Gasteiger partial charge is 0.00298 e. The summed E-state index contributed by atoms with van der Waals surface area (Å²) in [6, 6.07) is 0. The SMILES string of the molecule is CCN(CC)CC(C)(C)C. The van der Waals surface area contributed by atoms with Crippen LogP contribution in [-0.4, -0.2) is 24.5 Å². The predicted molar refractivity (Wildman–Crippen MR) is 47.2 cm³/mol. The molecule has 1 nitrogen and oxygen atoms in total. The van der Waals surface area contributed by atoms with Gasteiger partial charge < -0.3 is 4.90 Å². The molecule has 0 saturated heterocycles. The first kappa shape index (κ1) is 9.96. The Hall–Kier alpha value is -0.0400. The third-order valence-electron chi connectivity index (χ3n) is 1.59. The molecule has 0 aromatic heterocycles. The summed E-state index contributed by atoms with van der Waals surface area (Å²) in [7, 11) is 0. The van der Waals surface area contributed by atoms with E-state index in [1.807, 2.05) is 0 Å². The predicted octanol–water partition coefficient (Wildman–Crippen LogP) is 2.37. The maximum Gasteiger partial charge on any atom is 0.00298 e. The molecule has 0 aliphatic rings. The molecule has 0 fully saturated rings. The van der Waals surface area contributed by atoms with Gasteiger partial charge in [0.05, 0.1) is 0 Å². The molecule has 1 heteroatoms. The largest absolute Gasteiger partial charge is 0.303 e. The van der Waals surface area contributed by atoms with Crippen molar-refractivity contribution in [2.75, 3.05) is 19.6 Å². The van der Waals surface area contributed by atoms with Gasteiger partial charge in [-0.25, -0.2) is 0 Å². The second-order valence-corrected chi connectivity index (χ2v) is 4.02. The van der Waals surface area contributed by atoms with Crippen LogP contribution in [0.2, 0.25) is 0 Å². The van der Waals surface area contributed by atoms with Gasteiger partial charge in [0.1, 0.15) is 0 Å². The Labute approximate surface area is 65.4 Å². The zero-order chi connectivity index (χ0) is 8.20. The molecular formula is C9H21N. The maximum atomic E-state index is 2.46. The molecule has 0 spiro atoms. The van der Waals surface area contributed by atoms with Crippen LogP contribution in [0.4, 0.5) is 0 Å². The zero-order valence-corrected chi connectivity index (χ0v) is 8.07. The number of nitrogens with zero attached hydrogens (tertiary/aromatic N) is 1. The van der Waals surface area contributed by atoms with E-state index in [4.69, 9.17) is 0 Å². The molecule has 0 amide bonds. The highest BCUT2D eigenvalue weighted by Gasteiger charge is 2.13. The van der Waals surface area contributed by atoms with Crippen LogP contribution < -0.4 is 0 Å². The molecule has 10 heavy (non-hydrogen) atoms. The monoisotopic (exact) mass is 143 g/mol. The highest BCUT2D eigenvalue weighted by Crippen LogP contribution is 2.14. The van der Waals surface area contributed by atoms with Crippen LogP contribution in [0.25, 0.3) is 0 Å². The minimum atomic E-state index is 0.450. The van der Waals surface area contributed by atoms with Crippen molar-refractivity contribution in [2.45, 2.75) is 34.6 Å². The van der Waals surface area contributed by atoms with Gasteiger partial charge in [0, 0.05) is 6.54 Å². The number of hydrogen-bond donors (Lipinski definition) is 0. The molecule has 0 aliphatic heterocycles. The first-order chi connectivity index (χ1) is 4.49. The lowest BCUT2D eigenvalue weighted by atomic mass is 9.96. The van der Waals surface area contributed by atoms with Gasteiger partial charge in [0.2, 0.25) is 0 Å². The van der Waals surface area contributed by atoms with Gasteiger partial charge in [0.15, 0.2) is 0 Å². The van der Waals surface area contributed by atoms with Crippen molar-refractivity contribution in [2.24, 2.45) is 5.41 Å². The second-order valence-electron chi connectivity index (χ2n) is 4.02. The molecule has 0 heterocycles. The van der Waals surface area contributed by atoms with Crippen molar-refractivity contribution < 1.29 is 0 Å². The highest BCUT2D eigenvalue weighted by molar-refractivity contribution is 4.66. The van der Waals surface area contributed by atoms with Gasteiger partial charge in [-0.1, -0.05) is 34.6 Å². The Balaban J connectivity index is 3.63. The number of rotatable bonds is 3. The van der Waals surface area contributed by atoms with E-state index in [0.29, 0.717) is 5.41 Å². The molecule has 0 saturated carbocycles. The molecule has 0 atom stereocenters. The van der Waals surface area contributed by atoms with Crippen molar-refractivity contribution in [3.05, 3.63) is 0 Å². The molecule has 0 radical (unpaired) electrons. The van der Waals surface area contributed by atoms with Gasteiger partial charge in [-0.05, 0) is 18.5 Å². The zero-order valence-electron chi connectivity index (χ0n) is 8.07. The molecule has 0 bridgehead atoms. The minimum absolute atomic E-state index is 0.450. The van der Waals surface area contributed by atoms with Crippen LogP contribution in [0.1, 0.15) is 34.6 Å². The van der Waals surface area contributed by atoms with Gasteiger partial charge in [0.25, 0.3) is 0 Å². The van der Waals surface area contributed by atoms with Crippen LogP contribution >= 0.6 is 0 Å². The van der Waals surface area contributed by atoms with Crippen LogP contribution in [0.15, 0.2) is 0 Å². The fourth-order valence-electron chi connectivity index (χ4n) is 1.12. The standard InChI is InChI=1S/C9H21N/c1-6-10(7-2)8-9(3,4)5/h6-8H2,1-5H3. The normalized spacial score (nSPS) is 12.6.